The van der Waals surface area contributed by atoms with Crippen molar-refractivity contribution < 1.29 is 14.3 Å². The molecule has 0 aliphatic carbocycles. The first-order valence-corrected chi connectivity index (χ1v) is 7.09. The van der Waals surface area contributed by atoms with Crippen LogP contribution < -0.4 is 21.1 Å². The van der Waals surface area contributed by atoms with Gasteiger partial charge in [0.05, 0.1) is 25.0 Å². The van der Waals surface area contributed by atoms with E-state index >= 15 is 0 Å². The number of methoxy groups -OCH3 is 1. The van der Waals surface area contributed by atoms with Gasteiger partial charge in [0, 0.05) is 5.56 Å². The molecule has 0 atom stereocenters. The van der Waals surface area contributed by atoms with Crippen LogP contribution in [0.3, 0.4) is 0 Å². The molecule has 0 aromatic heterocycles. The fourth-order valence-corrected chi connectivity index (χ4v) is 2.01. The van der Waals surface area contributed by atoms with Gasteiger partial charge >= 0.3 is 0 Å². The number of hydrogen-bond acceptors (Lipinski definition) is 4. The lowest BCUT2D eigenvalue weighted by Gasteiger charge is -2.13. The van der Waals surface area contributed by atoms with Crippen LogP contribution in [0.15, 0.2) is 42.5 Å². The Morgan fingerprint density at radius 2 is 1.74 bits per heavy atom. The van der Waals surface area contributed by atoms with Crippen molar-refractivity contribution in [2.75, 3.05) is 24.3 Å². The van der Waals surface area contributed by atoms with Crippen LogP contribution in [0.2, 0.25) is 0 Å². The van der Waals surface area contributed by atoms with E-state index in [1.165, 1.54) is 0 Å². The van der Waals surface area contributed by atoms with E-state index < -0.39 is 0 Å². The van der Waals surface area contributed by atoms with Crippen LogP contribution in [0.1, 0.15) is 15.9 Å². The lowest BCUT2D eigenvalue weighted by Crippen LogP contribution is -2.23. The highest BCUT2D eigenvalue weighted by atomic mass is 16.5. The molecule has 0 aliphatic rings. The molecule has 0 bridgehead atoms. The molecule has 23 heavy (non-hydrogen) atoms. The summed E-state index contributed by atoms with van der Waals surface area (Å²) in [6.45, 7) is 1.77. The van der Waals surface area contributed by atoms with Crippen molar-refractivity contribution in [3.63, 3.8) is 0 Å². The van der Waals surface area contributed by atoms with E-state index in [4.69, 9.17) is 10.5 Å². The third-order valence-corrected chi connectivity index (χ3v) is 3.23. The van der Waals surface area contributed by atoms with E-state index in [1.54, 1.807) is 43.5 Å². The molecule has 0 heterocycles. The van der Waals surface area contributed by atoms with Gasteiger partial charge in [-0.3, -0.25) is 9.59 Å². The highest BCUT2D eigenvalue weighted by Crippen LogP contribution is 2.24. The third kappa shape index (κ3) is 4.31. The zero-order chi connectivity index (χ0) is 16.8. The number of nitrogens with two attached hydrogens (primary N) is 1. The number of hydrogen-bond donors (Lipinski definition) is 3. The Morgan fingerprint density at radius 1 is 1.04 bits per heavy atom. The molecule has 0 radical (unpaired) electrons. The predicted octanol–water partition coefficient (Wildman–Crippen LogP) is 2.15. The smallest absolute Gasteiger partial charge is 0.255 e. The van der Waals surface area contributed by atoms with E-state index in [9.17, 15) is 9.59 Å². The van der Waals surface area contributed by atoms with Gasteiger partial charge in [-0.2, -0.15) is 0 Å². The number of ether oxygens (including phenoxy) is 1. The first kappa shape index (κ1) is 16.5. The fourth-order valence-electron chi connectivity index (χ4n) is 2.01. The first-order valence-electron chi connectivity index (χ1n) is 7.09. The molecule has 0 fully saturated rings. The van der Waals surface area contributed by atoms with Crippen LogP contribution in [0.25, 0.3) is 0 Å². The average molecular weight is 313 g/mol. The SMILES string of the molecule is COc1ccc(C(=O)Nc2ccc(C)cc2NC(=O)CN)cc1. The molecule has 2 aromatic rings. The van der Waals surface area contributed by atoms with Gasteiger partial charge in [-0.15, -0.1) is 0 Å². The monoisotopic (exact) mass is 313 g/mol. The zero-order valence-electron chi connectivity index (χ0n) is 13.1. The highest BCUT2D eigenvalue weighted by Gasteiger charge is 2.11. The standard InChI is InChI=1S/C17H19N3O3/c1-11-3-8-14(15(9-11)19-16(21)10-18)20-17(22)12-4-6-13(23-2)7-5-12/h3-9H,10,18H2,1-2H3,(H,19,21)(H,20,22). The van der Waals surface area contributed by atoms with E-state index in [1.807, 2.05) is 13.0 Å². The summed E-state index contributed by atoms with van der Waals surface area (Å²) in [5, 5.41) is 5.46. The van der Waals surface area contributed by atoms with Crippen molar-refractivity contribution in [2.45, 2.75) is 6.92 Å². The second-order valence-corrected chi connectivity index (χ2v) is 4.98. The molecule has 0 spiro atoms. The minimum absolute atomic E-state index is 0.125. The molecule has 2 aromatic carbocycles. The quantitative estimate of drug-likeness (QED) is 0.788. The Balaban J connectivity index is 2.20. The Bertz CT molecular complexity index is 712. The van der Waals surface area contributed by atoms with Crippen molar-refractivity contribution in [1.82, 2.24) is 0 Å². The number of carbonyl (C=O) groups is 2. The second-order valence-electron chi connectivity index (χ2n) is 4.98. The van der Waals surface area contributed by atoms with Gasteiger partial charge in [-0.25, -0.2) is 0 Å². The number of anilines is 2. The largest absolute Gasteiger partial charge is 0.497 e. The summed E-state index contributed by atoms with van der Waals surface area (Å²) in [6.07, 6.45) is 0. The Hall–Kier alpha value is -2.86. The van der Waals surface area contributed by atoms with Gasteiger partial charge in [0.2, 0.25) is 5.91 Å². The molecule has 2 amide bonds. The molecule has 120 valence electrons. The Kier molecular flexibility index (Phi) is 5.32. The molecular formula is C17H19N3O3. The fraction of sp³-hybridized carbons (Fsp3) is 0.176. The number of benzene rings is 2. The van der Waals surface area contributed by atoms with Crippen LogP contribution in [-0.4, -0.2) is 25.5 Å². The van der Waals surface area contributed by atoms with Gasteiger partial charge in [-0.05, 0) is 48.9 Å². The summed E-state index contributed by atoms with van der Waals surface area (Å²) < 4.78 is 5.06. The minimum atomic E-state index is -0.324. The molecule has 0 aliphatic heterocycles. The predicted molar refractivity (Wildman–Crippen MR) is 89.8 cm³/mol. The third-order valence-electron chi connectivity index (χ3n) is 3.23. The minimum Gasteiger partial charge on any atom is -0.497 e. The van der Waals surface area contributed by atoms with Crippen LogP contribution >= 0.6 is 0 Å². The summed E-state index contributed by atoms with van der Waals surface area (Å²) >= 11 is 0. The average Bonchev–Trinajstić information content (AvgIpc) is 2.57. The van der Waals surface area contributed by atoms with Crippen LogP contribution in [0.4, 0.5) is 11.4 Å². The molecule has 0 saturated carbocycles. The Labute approximate surface area is 134 Å². The van der Waals surface area contributed by atoms with E-state index in [-0.39, 0.29) is 18.4 Å². The van der Waals surface area contributed by atoms with Crippen molar-refractivity contribution in [3.05, 3.63) is 53.6 Å². The lowest BCUT2D eigenvalue weighted by atomic mass is 10.1. The molecule has 2 rings (SSSR count). The van der Waals surface area contributed by atoms with Crippen LogP contribution in [-0.2, 0) is 4.79 Å². The lowest BCUT2D eigenvalue weighted by molar-refractivity contribution is -0.114. The molecule has 6 heteroatoms. The normalized spacial score (nSPS) is 10.0. The van der Waals surface area contributed by atoms with Crippen molar-refractivity contribution in [1.29, 1.82) is 0 Å². The molecule has 4 N–H and O–H groups in total. The maximum atomic E-state index is 12.3. The van der Waals surface area contributed by atoms with Crippen molar-refractivity contribution in [2.24, 2.45) is 5.73 Å². The van der Waals surface area contributed by atoms with Gasteiger partial charge in [0.1, 0.15) is 5.75 Å². The maximum Gasteiger partial charge on any atom is 0.255 e. The second kappa shape index (κ2) is 7.42. The van der Waals surface area contributed by atoms with Crippen molar-refractivity contribution in [3.8, 4) is 5.75 Å². The zero-order valence-corrected chi connectivity index (χ0v) is 13.1. The molecular weight excluding hydrogens is 294 g/mol. The Morgan fingerprint density at radius 3 is 2.35 bits per heavy atom. The number of rotatable bonds is 5. The summed E-state index contributed by atoms with van der Waals surface area (Å²) in [7, 11) is 1.56. The van der Waals surface area contributed by atoms with Gasteiger partial charge in [0.25, 0.3) is 5.91 Å². The van der Waals surface area contributed by atoms with Crippen LogP contribution in [0.5, 0.6) is 5.75 Å². The molecule has 6 nitrogen and oxygen atoms in total. The molecule has 0 unspecified atom stereocenters. The highest BCUT2D eigenvalue weighted by molar-refractivity contribution is 6.07. The summed E-state index contributed by atoms with van der Waals surface area (Å²) in [5.74, 6) is 0.0723. The number of aryl methyl sites for hydroxylation is 1. The van der Waals surface area contributed by atoms with E-state index in [0.29, 0.717) is 22.7 Å². The summed E-state index contributed by atoms with van der Waals surface area (Å²) in [5.41, 5.74) is 7.79. The number of nitrogens with one attached hydrogen (secondary N) is 2. The number of amides is 2. The molecule has 0 saturated heterocycles. The van der Waals surface area contributed by atoms with E-state index in [2.05, 4.69) is 10.6 Å². The van der Waals surface area contributed by atoms with Crippen molar-refractivity contribution >= 4 is 23.2 Å². The van der Waals surface area contributed by atoms with E-state index in [0.717, 1.165) is 5.56 Å². The van der Waals surface area contributed by atoms with Gasteiger partial charge < -0.3 is 21.1 Å². The first-order chi connectivity index (χ1) is 11.0. The topological polar surface area (TPSA) is 93.5 Å². The maximum absolute atomic E-state index is 12.3. The van der Waals surface area contributed by atoms with Crippen LogP contribution in [0, 0.1) is 6.92 Å². The summed E-state index contributed by atoms with van der Waals surface area (Å²) in [4.78, 5) is 23.8. The summed E-state index contributed by atoms with van der Waals surface area (Å²) in [6, 6.07) is 12.1. The van der Waals surface area contributed by atoms with Gasteiger partial charge in [-0.1, -0.05) is 6.07 Å². The number of carbonyl (C=O) groups excluding carboxylic acids is 2. The van der Waals surface area contributed by atoms with Gasteiger partial charge in [0.15, 0.2) is 0 Å².